The standard InChI is InChI=1S/C20H18BrF2N5O/c1-12-16-5-3-14(21)7-19(16)26-28(12)13(2)20(29,9-27-11-24-10-25-27)17-6-4-15(22)8-18(17)23/h3-8,10-11,13,29H,9H2,1-2H3/t13-,20-/m1/s1. The van der Waals surface area contributed by atoms with Crippen LogP contribution in [0.3, 0.4) is 0 Å². The summed E-state index contributed by atoms with van der Waals surface area (Å²) in [5.41, 5.74) is -0.247. The molecule has 0 aliphatic rings. The number of rotatable bonds is 5. The van der Waals surface area contributed by atoms with Crippen molar-refractivity contribution in [2.24, 2.45) is 0 Å². The number of halogens is 3. The lowest BCUT2D eigenvalue weighted by atomic mass is 9.86. The molecule has 0 aliphatic heterocycles. The molecule has 2 aromatic carbocycles. The molecular weight excluding hydrogens is 444 g/mol. The quantitative estimate of drug-likeness (QED) is 0.485. The molecule has 0 spiro atoms. The molecule has 0 bridgehead atoms. The number of fused-ring (bicyclic) bond motifs is 1. The van der Waals surface area contributed by atoms with Crippen LogP contribution < -0.4 is 0 Å². The van der Waals surface area contributed by atoms with Crippen molar-refractivity contribution in [1.82, 2.24) is 24.5 Å². The van der Waals surface area contributed by atoms with Gasteiger partial charge in [-0.2, -0.15) is 10.2 Å². The van der Waals surface area contributed by atoms with Gasteiger partial charge in [0.05, 0.1) is 18.1 Å². The predicted molar refractivity (Wildman–Crippen MR) is 107 cm³/mol. The Morgan fingerprint density at radius 1 is 1.21 bits per heavy atom. The van der Waals surface area contributed by atoms with E-state index in [2.05, 4.69) is 31.1 Å². The van der Waals surface area contributed by atoms with Gasteiger partial charge in [-0.3, -0.25) is 4.68 Å². The van der Waals surface area contributed by atoms with E-state index in [1.807, 2.05) is 25.1 Å². The summed E-state index contributed by atoms with van der Waals surface area (Å²) in [6.45, 7) is 3.54. The van der Waals surface area contributed by atoms with Crippen LogP contribution in [0.5, 0.6) is 0 Å². The Hall–Kier alpha value is -2.65. The molecule has 150 valence electrons. The number of aromatic nitrogens is 5. The molecule has 2 atom stereocenters. The van der Waals surface area contributed by atoms with Gasteiger partial charge in [-0.05, 0) is 38.1 Å². The van der Waals surface area contributed by atoms with Crippen LogP contribution >= 0.6 is 15.9 Å². The Balaban J connectivity index is 1.87. The van der Waals surface area contributed by atoms with E-state index in [1.54, 1.807) is 11.6 Å². The van der Waals surface area contributed by atoms with E-state index in [9.17, 15) is 13.9 Å². The second-order valence-corrected chi connectivity index (χ2v) is 7.92. The van der Waals surface area contributed by atoms with Crippen LogP contribution in [0.25, 0.3) is 10.9 Å². The Labute approximate surface area is 173 Å². The first-order valence-corrected chi connectivity index (χ1v) is 9.73. The van der Waals surface area contributed by atoms with Gasteiger partial charge in [0.2, 0.25) is 0 Å². The van der Waals surface area contributed by atoms with Gasteiger partial charge in [0.1, 0.15) is 29.9 Å². The fraction of sp³-hybridized carbons (Fsp3) is 0.250. The van der Waals surface area contributed by atoms with E-state index in [1.165, 1.54) is 23.4 Å². The fourth-order valence-corrected chi connectivity index (χ4v) is 3.98. The van der Waals surface area contributed by atoms with Crippen molar-refractivity contribution in [3.63, 3.8) is 0 Å². The van der Waals surface area contributed by atoms with E-state index in [-0.39, 0.29) is 12.1 Å². The first kappa shape index (κ1) is 19.7. The molecule has 9 heteroatoms. The largest absolute Gasteiger partial charge is 0.381 e. The van der Waals surface area contributed by atoms with Gasteiger partial charge in [-0.1, -0.05) is 22.0 Å². The lowest BCUT2D eigenvalue weighted by Crippen LogP contribution is -2.41. The van der Waals surface area contributed by atoms with E-state index in [0.717, 1.165) is 33.2 Å². The summed E-state index contributed by atoms with van der Waals surface area (Å²) in [5.74, 6) is -1.55. The minimum atomic E-state index is -1.77. The van der Waals surface area contributed by atoms with Crippen LogP contribution in [0.4, 0.5) is 8.78 Å². The molecule has 0 radical (unpaired) electrons. The molecular formula is C20H18BrF2N5O. The highest BCUT2D eigenvalue weighted by Gasteiger charge is 2.41. The second kappa shape index (κ2) is 7.31. The van der Waals surface area contributed by atoms with Crippen LogP contribution in [0, 0.1) is 18.6 Å². The molecule has 0 saturated carbocycles. The summed E-state index contributed by atoms with van der Waals surface area (Å²) in [5, 5.41) is 21.3. The summed E-state index contributed by atoms with van der Waals surface area (Å²) in [7, 11) is 0. The highest BCUT2D eigenvalue weighted by Crippen LogP contribution is 2.38. The van der Waals surface area contributed by atoms with Gasteiger partial charge in [0, 0.05) is 27.2 Å². The molecule has 0 unspecified atom stereocenters. The third-order valence-corrected chi connectivity index (χ3v) is 5.73. The molecule has 6 nitrogen and oxygen atoms in total. The van der Waals surface area contributed by atoms with Crippen molar-refractivity contribution in [1.29, 1.82) is 0 Å². The number of benzene rings is 2. The molecule has 1 N–H and O–H groups in total. The van der Waals surface area contributed by atoms with Crippen LogP contribution in [0.15, 0.2) is 53.5 Å². The zero-order valence-corrected chi connectivity index (χ0v) is 17.3. The Kier molecular flexibility index (Phi) is 4.95. The second-order valence-electron chi connectivity index (χ2n) is 7.01. The average molecular weight is 462 g/mol. The number of aliphatic hydroxyl groups is 1. The van der Waals surface area contributed by atoms with Crippen molar-refractivity contribution in [3.8, 4) is 0 Å². The summed E-state index contributed by atoms with van der Waals surface area (Å²) < 4.78 is 32.2. The maximum Gasteiger partial charge on any atom is 0.137 e. The number of hydrogen-bond acceptors (Lipinski definition) is 4. The minimum absolute atomic E-state index is 0.0398. The molecule has 2 heterocycles. The van der Waals surface area contributed by atoms with Crippen molar-refractivity contribution < 1.29 is 13.9 Å². The zero-order chi connectivity index (χ0) is 20.8. The highest BCUT2D eigenvalue weighted by atomic mass is 79.9. The van der Waals surface area contributed by atoms with Crippen LogP contribution in [-0.4, -0.2) is 29.7 Å². The van der Waals surface area contributed by atoms with Crippen molar-refractivity contribution in [2.75, 3.05) is 0 Å². The first-order chi connectivity index (χ1) is 13.8. The summed E-state index contributed by atoms with van der Waals surface area (Å²) in [6, 6.07) is 8.16. The predicted octanol–water partition coefficient (Wildman–Crippen LogP) is 4.13. The zero-order valence-electron chi connectivity index (χ0n) is 15.7. The molecule has 2 aromatic heterocycles. The molecule has 0 aliphatic carbocycles. The van der Waals surface area contributed by atoms with Gasteiger partial charge >= 0.3 is 0 Å². The van der Waals surface area contributed by atoms with Crippen LogP contribution in [0.1, 0.15) is 24.2 Å². The number of nitrogens with zero attached hydrogens (tertiary/aromatic N) is 5. The SMILES string of the molecule is Cc1c2ccc(Br)cc2nn1[C@H](C)[C@](O)(Cn1cncn1)c1ccc(F)cc1F. The lowest BCUT2D eigenvalue weighted by molar-refractivity contribution is -0.0372. The smallest absolute Gasteiger partial charge is 0.137 e. The molecule has 0 amide bonds. The number of aryl methyl sites for hydroxylation is 1. The van der Waals surface area contributed by atoms with Gasteiger partial charge in [0.25, 0.3) is 0 Å². The summed E-state index contributed by atoms with van der Waals surface area (Å²) >= 11 is 3.43. The van der Waals surface area contributed by atoms with Gasteiger partial charge in [-0.15, -0.1) is 0 Å². The average Bonchev–Trinajstić information content (AvgIpc) is 3.28. The Morgan fingerprint density at radius 3 is 2.69 bits per heavy atom. The van der Waals surface area contributed by atoms with E-state index >= 15 is 0 Å². The highest BCUT2D eigenvalue weighted by molar-refractivity contribution is 9.10. The lowest BCUT2D eigenvalue weighted by Gasteiger charge is -2.35. The third-order valence-electron chi connectivity index (χ3n) is 5.23. The monoisotopic (exact) mass is 461 g/mol. The molecule has 4 rings (SSSR count). The summed E-state index contributed by atoms with van der Waals surface area (Å²) in [4.78, 5) is 3.89. The van der Waals surface area contributed by atoms with E-state index in [0.29, 0.717) is 0 Å². The van der Waals surface area contributed by atoms with Crippen molar-refractivity contribution >= 4 is 26.8 Å². The van der Waals surface area contributed by atoms with Crippen molar-refractivity contribution in [3.05, 3.63) is 76.4 Å². The molecule has 29 heavy (non-hydrogen) atoms. The topological polar surface area (TPSA) is 68.8 Å². The maximum atomic E-state index is 14.7. The normalized spacial score (nSPS) is 14.8. The van der Waals surface area contributed by atoms with Crippen LogP contribution in [0.2, 0.25) is 0 Å². The van der Waals surface area contributed by atoms with Gasteiger partial charge in [0.15, 0.2) is 0 Å². The number of hydrogen-bond donors (Lipinski definition) is 1. The van der Waals surface area contributed by atoms with Gasteiger partial charge in [-0.25, -0.2) is 18.4 Å². The maximum absolute atomic E-state index is 14.7. The van der Waals surface area contributed by atoms with Crippen LogP contribution in [-0.2, 0) is 12.1 Å². The van der Waals surface area contributed by atoms with Crippen molar-refractivity contribution in [2.45, 2.75) is 32.0 Å². The molecule has 4 aromatic rings. The third kappa shape index (κ3) is 3.44. The Morgan fingerprint density at radius 2 is 2.00 bits per heavy atom. The van der Waals surface area contributed by atoms with E-state index < -0.39 is 23.3 Å². The molecule has 0 saturated heterocycles. The minimum Gasteiger partial charge on any atom is -0.381 e. The first-order valence-electron chi connectivity index (χ1n) is 8.94. The molecule has 0 fully saturated rings. The Bertz CT molecular complexity index is 1180. The van der Waals surface area contributed by atoms with Gasteiger partial charge < -0.3 is 5.11 Å². The van der Waals surface area contributed by atoms with E-state index in [4.69, 9.17) is 0 Å². The summed E-state index contributed by atoms with van der Waals surface area (Å²) in [6.07, 6.45) is 2.76. The fourth-order valence-electron chi connectivity index (χ4n) is 3.63.